The van der Waals surface area contributed by atoms with E-state index in [1.807, 2.05) is 36.0 Å². The number of hydrogen-bond acceptors (Lipinski definition) is 5. The molecule has 0 amide bonds. The fourth-order valence-corrected chi connectivity index (χ4v) is 5.46. The second-order valence-electron chi connectivity index (χ2n) is 10.1. The van der Waals surface area contributed by atoms with Gasteiger partial charge in [0.15, 0.2) is 0 Å². The number of nitrogens with zero attached hydrogens (tertiary/aromatic N) is 4. The van der Waals surface area contributed by atoms with E-state index in [9.17, 15) is 9.90 Å². The molecule has 184 valence electrons. The maximum Gasteiger partial charge on any atom is 0.304 e. The molecule has 3 aromatic rings. The van der Waals surface area contributed by atoms with Gasteiger partial charge >= 0.3 is 5.97 Å². The fraction of sp³-hybridized carbons (Fsp3) is 0.464. The molecule has 35 heavy (non-hydrogen) atoms. The highest BCUT2D eigenvalue weighted by atomic mass is 16.4. The van der Waals surface area contributed by atoms with Crippen molar-refractivity contribution in [3.05, 3.63) is 71.2 Å². The number of carbonyl (C=O) groups is 1. The summed E-state index contributed by atoms with van der Waals surface area (Å²) in [6, 6.07) is 14.6. The van der Waals surface area contributed by atoms with Gasteiger partial charge in [0.05, 0.1) is 17.8 Å². The first kappa shape index (κ1) is 23.5. The number of pyridine rings is 1. The molecule has 2 atom stereocenters. The molecule has 2 aromatic heterocycles. The van der Waals surface area contributed by atoms with Gasteiger partial charge in [0.25, 0.3) is 0 Å². The monoisotopic (exact) mass is 473 g/mol. The van der Waals surface area contributed by atoms with E-state index in [2.05, 4.69) is 39.6 Å². The highest BCUT2D eigenvalue weighted by Gasteiger charge is 2.27. The smallest absolute Gasteiger partial charge is 0.304 e. The van der Waals surface area contributed by atoms with Crippen LogP contribution in [0.4, 0.5) is 5.82 Å². The number of hydrogen-bond donors (Lipinski definition) is 2. The van der Waals surface area contributed by atoms with Crippen LogP contribution < -0.4 is 5.32 Å². The third kappa shape index (κ3) is 5.90. The molecule has 1 fully saturated rings. The second-order valence-corrected chi connectivity index (χ2v) is 10.1. The van der Waals surface area contributed by atoms with Crippen molar-refractivity contribution in [2.75, 3.05) is 31.5 Å². The van der Waals surface area contributed by atoms with Crippen molar-refractivity contribution in [3.8, 4) is 5.69 Å². The highest BCUT2D eigenvalue weighted by Crippen LogP contribution is 2.28. The Morgan fingerprint density at radius 2 is 2.17 bits per heavy atom. The number of benzene rings is 1. The van der Waals surface area contributed by atoms with Crippen LogP contribution in [0.2, 0.25) is 0 Å². The molecule has 1 aromatic carbocycles. The third-order valence-electron chi connectivity index (χ3n) is 7.36. The van der Waals surface area contributed by atoms with E-state index in [0.29, 0.717) is 5.92 Å². The van der Waals surface area contributed by atoms with Gasteiger partial charge < -0.3 is 15.3 Å². The summed E-state index contributed by atoms with van der Waals surface area (Å²) in [5, 5.41) is 17.5. The van der Waals surface area contributed by atoms with Gasteiger partial charge in [-0.3, -0.25) is 4.79 Å². The number of aromatic nitrogens is 3. The predicted octanol–water partition coefficient (Wildman–Crippen LogP) is 4.45. The topological polar surface area (TPSA) is 83.3 Å². The maximum atomic E-state index is 11.7. The summed E-state index contributed by atoms with van der Waals surface area (Å²) in [6.45, 7) is 5.81. The van der Waals surface area contributed by atoms with Crippen LogP contribution in [-0.4, -0.2) is 56.9 Å². The lowest BCUT2D eigenvalue weighted by molar-refractivity contribution is -0.137. The van der Waals surface area contributed by atoms with Gasteiger partial charge in [0, 0.05) is 37.4 Å². The summed E-state index contributed by atoms with van der Waals surface area (Å²) in [4.78, 5) is 19.0. The van der Waals surface area contributed by atoms with Crippen molar-refractivity contribution in [1.29, 1.82) is 0 Å². The van der Waals surface area contributed by atoms with Crippen LogP contribution in [0.15, 0.2) is 48.7 Å². The molecule has 7 heteroatoms. The SMILES string of the molecule is Cc1ccn(-c2cccc(C(CC(=O)O)CN3CCC(CCc4ccc5c(n4)NCCC5)C3)c2)n1. The minimum atomic E-state index is -0.752. The van der Waals surface area contributed by atoms with E-state index in [-0.39, 0.29) is 12.3 Å². The highest BCUT2D eigenvalue weighted by molar-refractivity contribution is 5.68. The van der Waals surface area contributed by atoms with Crippen molar-refractivity contribution in [2.24, 2.45) is 5.92 Å². The molecular weight excluding hydrogens is 438 g/mol. The zero-order valence-electron chi connectivity index (χ0n) is 20.5. The van der Waals surface area contributed by atoms with Crippen LogP contribution in [0.5, 0.6) is 0 Å². The lowest BCUT2D eigenvalue weighted by Gasteiger charge is -2.24. The summed E-state index contributed by atoms with van der Waals surface area (Å²) in [5.41, 5.74) is 5.50. The summed E-state index contributed by atoms with van der Waals surface area (Å²) in [6.07, 6.45) is 7.66. The Morgan fingerprint density at radius 3 is 3.00 bits per heavy atom. The van der Waals surface area contributed by atoms with Gasteiger partial charge in [-0.2, -0.15) is 5.10 Å². The average Bonchev–Trinajstić information content (AvgIpc) is 3.51. The van der Waals surface area contributed by atoms with Crippen LogP contribution >= 0.6 is 0 Å². The van der Waals surface area contributed by atoms with Gasteiger partial charge in [-0.05, 0) is 86.9 Å². The molecule has 2 N–H and O–H groups in total. The molecule has 1 saturated heterocycles. The summed E-state index contributed by atoms with van der Waals surface area (Å²) in [5.74, 6) is 0.907. The minimum absolute atomic E-state index is 0.0451. The largest absolute Gasteiger partial charge is 0.481 e. The van der Waals surface area contributed by atoms with E-state index in [1.165, 1.54) is 17.7 Å². The Balaban J connectivity index is 1.20. The number of aliphatic carboxylic acids is 1. The van der Waals surface area contributed by atoms with Gasteiger partial charge in [0.2, 0.25) is 0 Å². The molecule has 7 nitrogen and oxygen atoms in total. The molecule has 0 bridgehead atoms. The van der Waals surface area contributed by atoms with Crippen molar-refractivity contribution < 1.29 is 9.90 Å². The Hall–Kier alpha value is -3.19. The first-order chi connectivity index (χ1) is 17.0. The van der Waals surface area contributed by atoms with Crippen molar-refractivity contribution in [3.63, 3.8) is 0 Å². The minimum Gasteiger partial charge on any atom is -0.481 e. The van der Waals surface area contributed by atoms with Crippen LogP contribution in [0.3, 0.4) is 0 Å². The maximum absolute atomic E-state index is 11.7. The Labute approximate surface area is 207 Å². The predicted molar refractivity (Wildman–Crippen MR) is 137 cm³/mol. The quantitative estimate of drug-likeness (QED) is 0.478. The molecule has 5 rings (SSSR count). The number of nitrogens with one attached hydrogen (secondary N) is 1. The molecule has 0 saturated carbocycles. The third-order valence-corrected chi connectivity index (χ3v) is 7.36. The summed E-state index contributed by atoms with van der Waals surface area (Å²) < 4.78 is 1.85. The van der Waals surface area contributed by atoms with Crippen molar-refractivity contribution in [1.82, 2.24) is 19.7 Å². The number of carboxylic acid groups (broad SMARTS) is 1. The Morgan fingerprint density at radius 1 is 1.26 bits per heavy atom. The molecule has 2 aliphatic heterocycles. The molecule has 0 aliphatic carbocycles. The lowest BCUT2D eigenvalue weighted by atomic mass is 9.94. The second kappa shape index (κ2) is 10.6. The lowest BCUT2D eigenvalue weighted by Crippen LogP contribution is -2.28. The molecule has 2 unspecified atom stereocenters. The zero-order valence-corrected chi connectivity index (χ0v) is 20.5. The molecular formula is C28H35N5O2. The van der Waals surface area contributed by atoms with Gasteiger partial charge in [0.1, 0.15) is 5.82 Å². The molecule has 2 aliphatic rings. The molecule has 0 radical (unpaired) electrons. The first-order valence-electron chi connectivity index (χ1n) is 12.8. The number of anilines is 1. The molecule has 0 spiro atoms. The van der Waals surface area contributed by atoms with Gasteiger partial charge in [-0.1, -0.05) is 18.2 Å². The summed E-state index contributed by atoms with van der Waals surface area (Å²) >= 11 is 0. The van der Waals surface area contributed by atoms with E-state index >= 15 is 0 Å². The van der Waals surface area contributed by atoms with E-state index in [1.54, 1.807) is 0 Å². The number of rotatable bonds is 9. The van der Waals surface area contributed by atoms with E-state index < -0.39 is 5.97 Å². The number of fused-ring (bicyclic) bond motifs is 1. The van der Waals surface area contributed by atoms with Crippen LogP contribution in [0.1, 0.15) is 54.1 Å². The standard InChI is InChI=1S/C28H35N5O2/c1-20-11-15-33(31-20)26-6-2-4-23(16-26)24(17-27(34)35)19-32-14-12-21(18-32)7-9-25-10-8-22-5-3-13-29-28(22)30-25/h2,4,6,8,10-11,15-16,21,24H,3,5,7,9,12-14,17-19H2,1H3,(H,29,30)(H,34,35). The normalized spacial score (nSPS) is 18.7. The number of carboxylic acids is 1. The van der Waals surface area contributed by atoms with Crippen LogP contribution in [-0.2, 0) is 17.6 Å². The van der Waals surface area contributed by atoms with Crippen molar-refractivity contribution >= 4 is 11.8 Å². The van der Waals surface area contributed by atoms with E-state index in [4.69, 9.17) is 4.98 Å². The van der Waals surface area contributed by atoms with Crippen LogP contribution in [0.25, 0.3) is 5.69 Å². The van der Waals surface area contributed by atoms with Gasteiger partial charge in [-0.15, -0.1) is 0 Å². The van der Waals surface area contributed by atoms with Crippen LogP contribution in [0, 0.1) is 12.8 Å². The first-order valence-corrected chi connectivity index (χ1v) is 12.8. The molecule has 4 heterocycles. The number of aryl methyl sites for hydroxylation is 3. The average molecular weight is 474 g/mol. The Kier molecular flexibility index (Phi) is 7.13. The Bertz CT molecular complexity index is 1170. The summed E-state index contributed by atoms with van der Waals surface area (Å²) in [7, 11) is 0. The fourth-order valence-electron chi connectivity index (χ4n) is 5.46. The zero-order chi connectivity index (χ0) is 24.2. The number of likely N-dealkylation sites (tertiary alicyclic amines) is 1. The van der Waals surface area contributed by atoms with Crippen molar-refractivity contribution in [2.45, 2.75) is 51.4 Å². The van der Waals surface area contributed by atoms with E-state index in [0.717, 1.165) is 74.6 Å². The van der Waals surface area contributed by atoms with Gasteiger partial charge in [-0.25, -0.2) is 9.67 Å².